The molecule has 1 amide bonds. The second kappa shape index (κ2) is 7.95. The van der Waals surface area contributed by atoms with E-state index in [1.807, 2.05) is 27.7 Å². The molecule has 2 rings (SSSR count). The fourth-order valence-corrected chi connectivity index (χ4v) is 2.97. The summed E-state index contributed by atoms with van der Waals surface area (Å²) in [5.74, 6) is -2.64. The topological polar surface area (TPSA) is 80.0 Å². The molecule has 9 heteroatoms. The van der Waals surface area contributed by atoms with Crippen molar-refractivity contribution >= 4 is 18.7 Å². The minimum atomic E-state index is -1.24. The Morgan fingerprint density at radius 1 is 1.17 bits per heavy atom. The zero-order valence-electron chi connectivity index (χ0n) is 17.9. The van der Waals surface area contributed by atoms with Gasteiger partial charge in [-0.1, -0.05) is 11.6 Å². The molecule has 0 aliphatic carbocycles. The van der Waals surface area contributed by atoms with E-state index in [4.69, 9.17) is 24.5 Å². The molecule has 0 bridgehead atoms. The highest BCUT2D eigenvalue weighted by Gasteiger charge is 2.52. The lowest BCUT2D eigenvalue weighted by Gasteiger charge is -2.32. The predicted molar refractivity (Wildman–Crippen MR) is 106 cm³/mol. The van der Waals surface area contributed by atoms with Crippen molar-refractivity contribution in [1.29, 1.82) is 0 Å². The van der Waals surface area contributed by atoms with Gasteiger partial charge in [0.25, 0.3) is 0 Å². The van der Waals surface area contributed by atoms with Gasteiger partial charge in [-0.05, 0) is 60.6 Å². The Kier molecular flexibility index (Phi) is 6.35. The smallest absolute Gasteiger partial charge is 0.486 e. The SMILES string of the molecule is CC(C)=CC(C)(COc1ccc(B2OC(C)(C)C(C)(C)O2)c(F)c1F)OC(N)=O. The highest BCUT2D eigenvalue weighted by molar-refractivity contribution is 6.62. The summed E-state index contributed by atoms with van der Waals surface area (Å²) in [6, 6.07) is 2.63. The third kappa shape index (κ3) is 5.08. The minimum absolute atomic E-state index is 0.0612. The van der Waals surface area contributed by atoms with Crippen LogP contribution in [0.3, 0.4) is 0 Å². The van der Waals surface area contributed by atoms with Crippen LogP contribution in [-0.4, -0.2) is 36.6 Å². The van der Waals surface area contributed by atoms with Crippen molar-refractivity contribution in [3.63, 3.8) is 0 Å². The molecular weight excluding hydrogens is 383 g/mol. The number of allylic oxidation sites excluding steroid dienone is 1. The molecule has 1 aliphatic heterocycles. The molecule has 0 radical (unpaired) electrons. The fourth-order valence-electron chi connectivity index (χ4n) is 2.97. The first kappa shape index (κ1) is 23.2. The average molecular weight is 411 g/mol. The largest absolute Gasteiger partial charge is 0.497 e. The molecule has 0 spiro atoms. The summed E-state index contributed by atoms with van der Waals surface area (Å²) in [6.07, 6.45) is 0.612. The van der Waals surface area contributed by atoms with Crippen LogP contribution in [0.2, 0.25) is 0 Å². The summed E-state index contributed by atoms with van der Waals surface area (Å²) < 4.78 is 51.4. The second-order valence-electron chi connectivity index (χ2n) is 8.61. The molecule has 1 aromatic carbocycles. The summed E-state index contributed by atoms with van der Waals surface area (Å²) in [5, 5.41) is 0. The summed E-state index contributed by atoms with van der Waals surface area (Å²) in [6.45, 7) is 12.2. The predicted octanol–water partition coefficient (Wildman–Crippen LogP) is 3.46. The Hall–Kier alpha value is -2.13. The van der Waals surface area contributed by atoms with Gasteiger partial charge < -0.3 is 24.5 Å². The number of benzene rings is 1. The van der Waals surface area contributed by atoms with Crippen molar-refractivity contribution in [3.8, 4) is 5.75 Å². The molecular formula is C20H28BF2NO5. The van der Waals surface area contributed by atoms with Gasteiger partial charge in [-0.25, -0.2) is 9.18 Å². The third-order valence-corrected chi connectivity index (χ3v) is 5.03. The molecule has 1 fully saturated rings. The van der Waals surface area contributed by atoms with Crippen LogP contribution in [0, 0.1) is 11.6 Å². The lowest BCUT2D eigenvalue weighted by molar-refractivity contribution is 0.00578. The maximum Gasteiger partial charge on any atom is 0.497 e. The number of hydrogen-bond acceptors (Lipinski definition) is 5. The Morgan fingerprint density at radius 3 is 2.21 bits per heavy atom. The number of halogens is 2. The van der Waals surface area contributed by atoms with Crippen molar-refractivity contribution in [1.82, 2.24) is 0 Å². The van der Waals surface area contributed by atoms with Crippen molar-refractivity contribution < 1.29 is 32.4 Å². The second-order valence-corrected chi connectivity index (χ2v) is 8.61. The van der Waals surface area contributed by atoms with Crippen LogP contribution < -0.4 is 15.9 Å². The highest BCUT2D eigenvalue weighted by atomic mass is 19.2. The molecule has 29 heavy (non-hydrogen) atoms. The molecule has 160 valence electrons. The monoisotopic (exact) mass is 411 g/mol. The average Bonchev–Trinajstić information content (AvgIpc) is 2.75. The van der Waals surface area contributed by atoms with Crippen LogP contribution in [0.25, 0.3) is 0 Å². The normalized spacial score (nSPS) is 19.4. The number of rotatable bonds is 6. The van der Waals surface area contributed by atoms with Gasteiger partial charge in [-0.3, -0.25) is 0 Å². The van der Waals surface area contributed by atoms with E-state index in [0.717, 1.165) is 5.57 Å². The van der Waals surface area contributed by atoms with Gasteiger partial charge in [0.05, 0.1) is 11.2 Å². The van der Waals surface area contributed by atoms with Crippen molar-refractivity contribution in [3.05, 3.63) is 35.4 Å². The zero-order chi connectivity index (χ0) is 22.2. The molecule has 2 N–H and O–H groups in total. The summed E-state index contributed by atoms with van der Waals surface area (Å²) in [4.78, 5) is 11.2. The quantitative estimate of drug-likeness (QED) is 0.573. The standard InChI is InChI=1S/C20H28BF2NO5/c1-12(2)10-20(7,27-17(24)25)11-26-14-9-8-13(15(22)16(14)23)21-28-18(3,4)19(5,6)29-21/h8-10H,11H2,1-7H3,(H2,24,25). The fraction of sp³-hybridized carbons (Fsp3) is 0.550. The van der Waals surface area contributed by atoms with Gasteiger partial charge in [0.2, 0.25) is 0 Å². The van der Waals surface area contributed by atoms with E-state index in [0.29, 0.717) is 0 Å². The van der Waals surface area contributed by atoms with Crippen LogP contribution in [0.1, 0.15) is 48.5 Å². The van der Waals surface area contributed by atoms with E-state index < -0.39 is 41.6 Å². The summed E-state index contributed by atoms with van der Waals surface area (Å²) in [7, 11) is -1.04. The number of hydrogen-bond donors (Lipinski definition) is 1. The first-order valence-electron chi connectivity index (χ1n) is 9.28. The molecule has 0 saturated carbocycles. The van der Waals surface area contributed by atoms with Gasteiger partial charge in [-0.15, -0.1) is 0 Å². The molecule has 1 heterocycles. The van der Waals surface area contributed by atoms with Crippen molar-refractivity contribution in [2.75, 3.05) is 6.61 Å². The number of carbonyl (C=O) groups is 1. The van der Waals surface area contributed by atoms with Crippen LogP contribution in [0.4, 0.5) is 13.6 Å². The number of nitrogens with two attached hydrogens (primary N) is 1. The summed E-state index contributed by atoms with van der Waals surface area (Å²) in [5.41, 5.74) is 3.26. The molecule has 1 atom stereocenters. The number of ether oxygens (including phenoxy) is 2. The lowest BCUT2D eigenvalue weighted by Crippen LogP contribution is -2.41. The number of primary amides is 1. The first-order valence-corrected chi connectivity index (χ1v) is 9.28. The Balaban J connectivity index is 2.24. The van der Waals surface area contributed by atoms with Gasteiger partial charge >= 0.3 is 13.2 Å². The molecule has 1 aliphatic rings. The van der Waals surface area contributed by atoms with E-state index in [1.54, 1.807) is 26.8 Å². The van der Waals surface area contributed by atoms with E-state index in [9.17, 15) is 13.6 Å². The first-order chi connectivity index (χ1) is 13.2. The Morgan fingerprint density at radius 2 is 1.72 bits per heavy atom. The molecule has 1 unspecified atom stereocenters. The highest BCUT2D eigenvalue weighted by Crippen LogP contribution is 2.37. The number of amides is 1. The van der Waals surface area contributed by atoms with E-state index >= 15 is 0 Å². The van der Waals surface area contributed by atoms with Crippen LogP contribution >= 0.6 is 0 Å². The third-order valence-electron chi connectivity index (χ3n) is 5.03. The minimum Gasteiger partial charge on any atom is -0.486 e. The molecule has 1 saturated heterocycles. The van der Waals surface area contributed by atoms with Crippen LogP contribution in [-0.2, 0) is 14.0 Å². The molecule has 1 aromatic rings. The van der Waals surface area contributed by atoms with Gasteiger partial charge in [0, 0.05) is 5.46 Å². The zero-order valence-corrected chi connectivity index (χ0v) is 17.9. The van der Waals surface area contributed by atoms with Crippen molar-refractivity contribution in [2.45, 2.75) is 65.3 Å². The van der Waals surface area contributed by atoms with Gasteiger partial charge in [0.15, 0.2) is 23.0 Å². The van der Waals surface area contributed by atoms with Crippen LogP contribution in [0.15, 0.2) is 23.8 Å². The Labute approximate surface area is 170 Å². The molecule has 0 aromatic heterocycles. The van der Waals surface area contributed by atoms with E-state index in [-0.39, 0.29) is 17.8 Å². The summed E-state index contributed by atoms with van der Waals surface area (Å²) >= 11 is 0. The number of carbonyl (C=O) groups excluding carboxylic acids is 1. The lowest BCUT2D eigenvalue weighted by atomic mass is 9.78. The Bertz CT molecular complexity index is 807. The van der Waals surface area contributed by atoms with Crippen molar-refractivity contribution in [2.24, 2.45) is 5.73 Å². The van der Waals surface area contributed by atoms with E-state index in [2.05, 4.69) is 0 Å². The maximum atomic E-state index is 14.7. The van der Waals surface area contributed by atoms with E-state index in [1.165, 1.54) is 12.1 Å². The van der Waals surface area contributed by atoms with Gasteiger partial charge in [-0.2, -0.15) is 4.39 Å². The molecule has 6 nitrogen and oxygen atoms in total. The van der Waals surface area contributed by atoms with Gasteiger partial charge in [0.1, 0.15) is 6.61 Å². The maximum absolute atomic E-state index is 14.7. The van der Waals surface area contributed by atoms with Crippen LogP contribution in [0.5, 0.6) is 5.75 Å².